The van der Waals surface area contributed by atoms with Crippen molar-refractivity contribution in [2.45, 2.75) is 110 Å². The third-order valence-corrected chi connectivity index (χ3v) is 4.97. The minimum atomic E-state index is 0.274. The van der Waals surface area contributed by atoms with Gasteiger partial charge < -0.3 is 5.32 Å². The largest absolute Gasteiger partial charge is 0.312 e. The van der Waals surface area contributed by atoms with Crippen LogP contribution in [0.5, 0.6) is 0 Å². The van der Waals surface area contributed by atoms with Crippen LogP contribution >= 0.6 is 0 Å². The Bertz CT molecular complexity index is 233. The summed E-state index contributed by atoms with van der Waals surface area (Å²) in [5.74, 6) is 0. The van der Waals surface area contributed by atoms with Crippen LogP contribution in [-0.2, 0) is 0 Å². The van der Waals surface area contributed by atoms with Gasteiger partial charge >= 0.3 is 0 Å². The molecule has 1 N–H and O–H groups in total. The van der Waals surface area contributed by atoms with Crippen LogP contribution in [0, 0.1) is 5.41 Å². The van der Waals surface area contributed by atoms with Gasteiger partial charge in [-0.3, -0.25) is 0 Å². The van der Waals surface area contributed by atoms with Crippen molar-refractivity contribution in [2.75, 3.05) is 6.54 Å². The second kappa shape index (κ2) is 9.07. The first-order valence-electron chi connectivity index (χ1n) is 9.22. The van der Waals surface area contributed by atoms with Crippen LogP contribution in [0.1, 0.15) is 105 Å². The summed E-state index contributed by atoms with van der Waals surface area (Å²) < 4.78 is 0. The van der Waals surface area contributed by atoms with Crippen molar-refractivity contribution < 1.29 is 0 Å². The highest BCUT2D eigenvalue weighted by molar-refractivity contribution is 4.88. The highest BCUT2D eigenvalue weighted by Gasteiger charge is 2.33. The Hall–Kier alpha value is -0.0400. The molecule has 0 unspecified atom stereocenters. The fourth-order valence-electron chi connectivity index (χ4n) is 3.55. The zero-order valence-electron chi connectivity index (χ0n) is 14.7. The molecule has 1 rings (SSSR count). The van der Waals surface area contributed by atoms with E-state index < -0.39 is 0 Å². The van der Waals surface area contributed by atoms with Crippen LogP contribution < -0.4 is 5.32 Å². The maximum Gasteiger partial charge on any atom is 0.00967 e. The summed E-state index contributed by atoms with van der Waals surface area (Å²) in [5, 5.41) is 3.77. The van der Waals surface area contributed by atoms with Crippen LogP contribution in [0.25, 0.3) is 0 Å². The molecule has 20 heavy (non-hydrogen) atoms. The molecule has 0 saturated heterocycles. The average Bonchev–Trinajstić information content (AvgIpc) is 2.84. The van der Waals surface area contributed by atoms with Gasteiger partial charge in [0.1, 0.15) is 0 Å². The normalized spacial score (nSPS) is 18.6. The number of rotatable bonds is 10. The fourth-order valence-corrected chi connectivity index (χ4v) is 3.55. The van der Waals surface area contributed by atoms with Crippen LogP contribution in [-0.4, -0.2) is 12.1 Å². The van der Waals surface area contributed by atoms with E-state index in [2.05, 4.69) is 33.0 Å². The zero-order valence-corrected chi connectivity index (χ0v) is 14.7. The molecule has 0 aliphatic heterocycles. The van der Waals surface area contributed by atoms with Crippen molar-refractivity contribution in [3.05, 3.63) is 0 Å². The molecule has 120 valence electrons. The van der Waals surface area contributed by atoms with Crippen molar-refractivity contribution >= 4 is 0 Å². The summed E-state index contributed by atoms with van der Waals surface area (Å²) in [6.45, 7) is 10.4. The molecular weight excluding hydrogens is 242 g/mol. The van der Waals surface area contributed by atoms with Crippen molar-refractivity contribution in [1.82, 2.24) is 5.32 Å². The number of hydrogen-bond donors (Lipinski definition) is 1. The number of hydrogen-bond acceptors (Lipinski definition) is 1. The van der Waals surface area contributed by atoms with Gasteiger partial charge in [0, 0.05) is 12.1 Å². The van der Waals surface area contributed by atoms with Crippen LogP contribution in [0.2, 0.25) is 0 Å². The topological polar surface area (TPSA) is 12.0 Å². The van der Waals surface area contributed by atoms with Crippen molar-refractivity contribution in [3.8, 4) is 0 Å². The average molecular weight is 282 g/mol. The monoisotopic (exact) mass is 281 g/mol. The first-order chi connectivity index (χ1) is 9.47. The lowest BCUT2D eigenvalue weighted by atomic mass is 9.80. The molecule has 1 fully saturated rings. The highest BCUT2D eigenvalue weighted by atomic mass is 15.0. The molecule has 0 amide bonds. The van der Waals surface area contributed by atoms with E-state index in [9.17, 15) is 0 Å². The molecule has 1 nitrogen and oxygen atoms in total. The van der Waals surface area contributed by atoms with E-state index in [0.29, 0.717) is 5.41 Å². The number of unbranched alkanes of at least 4 members (excludes halogenated alkanes) is 6. The standard InChI is InChI=1S/C19H39N/c1-5-6-7-8-9-10-11-14-19(15-12-13-16-19)17-20-18(2,3)4/h20H,5-17H2,1-4H3. The second-order valence-corrected chi connectivity index (χ2v) is 8.18. The van der Waals surface area contributed by atoms with E-state index >= 15 is 0 Å². The molecule has 1 saturated carbocycles. The summed E-state index contributed by atoms with van der Waals surface area (Å²) in [6, 6.07) is 0. The molecule has 1 aliphatic rings. The van der Waals surface area contributed by atoms with Gasteiger partial charge in [-0.05, 0) is 45.4 Å². The van der Waals surface area contributed by atoms with Crippen molar-refractivity contribution in [1.29, 1.82) is 0 Å². The summed E-state index contributed by atoms with van der Waals surface area (Å²) in [4.78, 5) is 0. The minimum Gasteiger partial charge on any atom is -0.312 e. The Morgan fingerprint density at radius 1 is 0.850 bits per heavy atom. The Morgan fingerprint density at radius 3 is 1.95 bits per heavy atom. The Morgan fingerprint density at radius 2 is 1.40 bits per heavy atom. The number of nitrogens with one attached hydrogen (secondary N) is 1. The lowest BCUT2D eigenvalue weighted by molar-refractivity contribution is 0.221. The molecule has 0 radical (unpaired) electrons. The predicted octanol–water partition coefficient (Wildman–Crippen LogP) is 6.08. The first kappa shape index (κ1) is 18.0. The van der Waals surface area contributed by atoms with Gasteiger partial charge in [0.25, 0.3) is 0 Å². The molecule has 0 aromatic carbocycles. The molecule has 0 spiro atoms. The summed E-state index contributed by atoms with van der Waals surface area (Å²) >= 11 is 0. The molecule has 0 aromatic heterocycles. The van der Waals surface area contributed by atoms with Crippen molar-refractivity contribution in [3.63, 3.8) is 0 Å². The van der Waals surface area contributed by atoms with E-state index in [-0.39, 0.29) is 5.54 Å². The van der Waals surface area contributed by atoms with Gasteiger partial charge in [0.2, 0.25) is 0 Å². The van der Waals surface area contributed by atoms with Crippen LogP contribution in [0.3, 0.4) is 0 Å². The Balaban J connectivity index is 2.18. The molecule has 0 aromatic rings. The molecule has 1 aliphatic carbocycles. The smallest absolute Gasteiger partial charge is 0.00967 e. The second-order valence-electron chi connectivity index (χ2n) is 8.18. The van der Waals surface area contributed by atoms with Crippen molar-refractivity contribution in [2.24, 2.45) is 5.41 Å². The van der Waals surface area contributed by atoms with Gasteiger partial charge in [-0.25, -0.2) is 0 Å². The van der Waals surface area contributed by atoms with Crippen LogP contribution in [0.15, 0.2) is 0 Å². The summed E-state index contributed by atoms with van der Waals surface area (Å²) in [6.07, 6.45) is 17.4. The third-order valence-electron chi connectivity index (χ3n) is 4.97. The van der Waals surface area contributed by atoms with E-state index in [4.69, 9.17) is 0 Å². The van der Waals surface area contributed by atoms with Crippen LogP contribution in [0.4, 0.5) is 0 Å². The van der Waals surface area contributed by atoms with E-state index in [0.717, 1.165) is 0 Å². The third kappa shape index (κ3) is 7.67. The first-order valence-corrected chi connectivity index (χ1v) is 9.22. The zero-order chi connectivity index (χ0) is 14.9. The van der Waals surface area contributed by atoms with Gasteiger partial charge in [0.05, 0.1) is 0 Å². The SMILES string of the molecule is CCCCCCCCCC1(CNC(C)(C)C)CCCC1. The molecule has 0 heterocycles. The molecular formula is C19H39N. The van der Waals surface area contributed by atoms with Gasteiger partial charge in [-0.15, -0.1) is 0 Å². The summed E-state index contributed by atoms with van der Waals surface area (Å²) in [7, 11) is 0. The lowest BCUT2D eigenvalue weighted by Gasteiger charge is -2.33. The predicted molar refractivity (Wildman–Crippen MR) is 91.3 cm³/mol. The highest BCUT2D eigenvalue weighted by Crippen LogP contribution is 2.42. The molecule has 0 bridgehead atoms. The minimum absolute atomic E-state index is 0.274. The maximum atomic E-state index is 3.77. The van der Waals surface area contributed by atoms with Gasteiger partial charge in [0.15, 0.2) is 0 Å². The van der Waals surface area contributed by atoms with Gasteiger partial charge in [-0.2, -0.15) is 0 Å². The maximum absolute atomic E-state index is 3.77. The lowest BCUT2D eigenvalue weighted by Crippen LogP contribution is -2.43. The Kier molecular flexibility index (Phi) is 8.17. The van der Waals surface area contributed by atoms with E-state index in [1.807, 2.05) is 0 Å². The van der Waals surface area contributed by atoms with E-state index in [1.165, 1.54) is 83.6 Å². The summed E-state index contributed by atoms with van der Waals surface area (Å²) in [5.41, 5.74) is 0.909. The quantitative estimate of drug-likeness (QED) is 0.479. The van der Waals surface area contributed by atoms with E-state index in [1.54, 1.807) is 0 Å². The molecule has 0 atom stereocenters. The fraction of sp³-hybridized carbons (Fsp3) is 1.00. The Labute approximate surface area is 128 Å². The van der Waals surface area contributed by atoms with Gasteiger partial charge in [-0.1, -0.05) is 64.7 Å². The molecule has 1 heteroatoms.